The van der Waals surface area contributed by atoms with Crippen molar-refractivity contribution >= 4 is 51.0 Å². The van der Waals surface area contributed by atoms with Crippen molar-refractivity contribution in [1.82, 2.24) is 4.90 Å². The van der Waals surface area contributed by atoms with Crippen LogP contribution in [0.15, 0.2) is 49.6 Å². The minimum atomic E-state index is -1.24. The molecule has 0 saturated carbocycles. The van der Waals surface area contributed by atoms with Crippen LogP contribution in [0.25, 0.3) is 0 Å². The number of likely N-dealkylation sites (tertiary alicyclic amines) is 1. The van der Waals surface area contributed by atoms with Crippen molar-refractivity contribution < 1.29 is 29.0 Å². The summed E-state index contributed by atoms with van der Waals surface area (Å²) in [7, 11) is 0. The van der Waals surface area contributed by atoms with Crippen LogP contribution in [-0.2, 0) is 23.9 Å². The number of anilines is 1. The molecule has 2 amide bonds. The van der Waals surface area contributed by atoms with Gasteiger partial charge in [0.2, 0.25) is 5.91 Å². The number of carbonyl (C=O) groups excluding carboxylic acids is 3. The maximum atomic E-state index is 14.3. The summed E-state index contributed by atoms with van der Waals surface area (Å²) >= 11 is 9.72. The van der Waals surface area contributed by atoms with Gasteiger partial charge >= 0.3 is 5.97 Å². The molecule has 206 valence electrons. The summed E-state index contributed by atoms with van der Waals surface area (Å²) in [6.45, 7) is 9.25. The van der Waals surface area contributed by atoms with E-state index in [2.05, 4.69) is 29.1 Å². The minimum Gasteiger partial charge on any atom is -0.465 e. The topological polar surface area (TPSA) is 96.4 Å². The second-order valence-electron chi connectivity index (χ2n) is 10.1. The van der Waals surface area contributed by atoms with Gasteiger partial charge in [-0.1, -0.05) is 39.7 Å². The van der Waals surface area contributed by atoms with Crippen LogP contribution in [-0.4, -0.2) is 76.2 Å². The zero-order valence-electron chi connectivity index (χ0n) is 21.4. The van der Waals surface area contributed by atoms with E-state index in [-0.39, 0.29) is 36.4 Å². The summed E-state index contributed by atoms with van der Waals surface area (Å²) in [4.78, 5) is 44.3. The highest BCUT2D eigenvalue weighted by atomic mass is 79.9. The van der Waals surface area contributed by atoms with E-state index in [0.717, 1.165) is 12.8 Å². The predicted octanol–water partition coefficient (Wildman–Crippen LogP) is 3.89. The zero-order valence-corrected chi connectivity index (χ0v) is 23.8. The molecule has 3 aliphatic heterocycles. The van der Waals surface area contributed by atoms with E-state index in [1.807, 2.05) is 6.08 Å². The molecule has 3 aliphatic rings. The van der Waals surface area contributed by atoms with Gasteiger partial charge in [-0.2, -0.15) is 0 Å². The quantitative estimate of drug-likeness (QED) is 0.167. The normalized spacial score (nSPS) is 30.2. The number of ether oxygens (including phenoxy) is 2. The van der Waals surface area contributed by atoms with Crippen LogP contribution in [0, 0.1) is 11.8 Å². The smallest absolute Gasteiger partial charge is 0.312 e. The Hall–Kier alpha value is -2.20. The summed E-state index contributed by atoms with van der Waals surface area (Å²) in [5.74, 6) is -2.99. The van der Waals surface area contributed by atoms with E-state index in [1.54, 1.807) is 37.3 Å². The Kier molecular flexibility index (Phi) is 9.02. The molecule has 8 nitrogen and oxygen atoms in total. The van der Waals surface area contributed by atoms with Gasteiger partial charge in [-0.05, 0) is 56.9 Å². The summed E-state index contributed by atoms with van der Waals surface area (Å²) in [6.07, 6.45) is 5.54. The fourth-order valence-corrected chi connectivity index (χ4v) is 7.13. The second-order valence-corrected chi connectivity index (χ2v) is 11.7. The van der Waals surface area contributed by atoms with Gasteiger partial charge in [0.25, 0.3) is 5.91 Å². The van der Waals surface area contributed by atoms with Crippen LogP contribution in [0.1, 0.15) is 32.6 Å². The molecule has 0 aliphatic carbocycles. The number of hydrogen-bond donors (Lipinski definition) is 1. The highest BCUT2D eigenvalue weighted by Crippen LogP contribution is 2.60. The van der Waals surface area contributed by atoms with Crippen LogP contribution in [0.3, 0.4) is 0 Å². The molecule has 3 unspecified atom stereocenters. The molecule has 3 fully saturated rings. The number of alkyl halides is 1. The third-order valence-corrected chi connectivity index (χ3v) is 8.83. The predicted molar refractivity (Wildman–Crippen MR) is 148 cm³/mol. The molecule has 10 heteroatoms. The number of halogens is 2. The van der Waals surface area contributed by atoms with Crippen molar-refractivity contribution in [2.45, 2.75) is 61.2 Å². The van der Waals surface area contributed by atoms with Gasteiger partial charge in [-0.15, -0.1) is 13.2 Å². The van der Waals surface area contributed by atoms with Gasteiger partial charge in [-0.3, -0.25) is 14.4 Å². The van der Waals surface area contributed by atoms with Crippen LogP contribution in [0.5, 0.6) is 0 Å². The summed E-state index contributed by atoms with van der Waals surface area (Å²) in [5, 5.41) is 10.6. The maximum Gasteiger partial charge on any atom is 0.312 e. The number of esters is 1. The Bertz CT molecular complexity index is 1080. The Morgan fingerprint density at radius 1 is 1.32 bits per heavy atom. The highest BCUT2D eigenvalue weighted by Gasteiger charge is 2.77. The van der Waals surface area contributed by atoms with Crippen molar-refractivity contribution in [3.8, 4) is 0 Å². The second kappa shape index (κ2) is 11.9. The number of carbonyl (C=O) groups is 3. The van der Waals surface area contributed by atoms with E-state index in [9.17, 15) is 19.5 Å². The van der Waals surface area contributed by atoms with Gasteiger partial charge in [-0.25, -0.2) is 0 Å². The lowest BCUT2D eigenvalue weighted by molar-refractivity contribution is -0.155. The minimum absolute atomic E-state index is 0.185. The molecule has 3 saturated heterocycles. The monoisotopic (exact) mass is 608 g/mol. The van der Waals surface area contributed by atoms with Crippen molar-refractivity contribution in [3.63, 3.8) is 0 Å². The molecule has 0 radical (unpaired) electrons. The molecular formula is C28H34BrClN2O6. The first kappa shape index (κ1) is 28.8. The Labute approximate surface area is 236 Å². The third kappa shape index (κ3) is 4.94. The summed E-state index contributed by atoms with van der Waals surface area (Å²) in [6, 6.07) is 5.10. The lowest BCUT2D eigenvalue weighted by Gasteiger charge is -2.38. The fraction of sp³-hybridized carbons (Fsp3) is 0.536. The number of benzene rings is 1. The van der Waals surface area contributed by atoms with E-state index in [1.165, 1.54) is 9.80 Å². The van der Waals surface area contributed by atoms with E-state index in [0.29, 0.717) is 23.6 Å². The maximum absolute atomic E-state index is 14.3. The molecule has 1 spiro atoms. The molecule has 2 bridgehead atoms. The van der Waals surface area contributed by atoms with Crippen molar-refractivity contribution in [3.05, 3.63) is 54.6 Å². The first-order valence-electron chi connectivity index (χ1n) is 12.9. The molecule has 38 heavy (non-hydrogen) atoms. The number of aliphatic hydroxyl groups is 1. The van der Waals surface area contributed by atoms with Gasteiger partial charge in [0.15, 0.2) is 0 Å². The lowest BCUT2D eigenvalue weighted by Crippen LogP contribution is -2.58. The number of fused-ring (bicyclic) bond motifs is 1. The average Bonchev–Trinajstić information content (AvgIpc) is 3.50. The van der Waals surface area contributed by atoms with Gasteiger partial charge in [0.1, 0.15) is 11.6 Å². The first-order chi connectivity index (χ1) is 18.2. The van der Waals surface area contributed by atoms with Crippen LogP contribution < -0.4 is 4.90 Å². The number of nitrogens with zero attached hydrogens (tertiary/aromatic N) is 2. The molecule has 1 aromatic rings. The van der Waals surface area contributed by atoms with E-state index < -0.39 is 41.6 Å². The van der Waals surface area contributed by atoms with Gasteiger partial charge < -0.3 is 24.4 Å². The van der Waals surface area contributed by atoms with Gasteiger partial charge in [0, 0.05) is 22.1 Å². The molecule has 7 atom stereocenters. The number of amides is 2. The number of unbranched alkanes of at least 4 members (excludes halogenated alkanes) is 2. The van der Waals surface area contributed by atoms with Crippen LogP contribution >= 0.6 is 27.5 Å². The van der Waals surface area contributed by atoms with E-state index in [4.69, 9.17) is 21.1 Å². The molecule has 1 N–H and O–H groups in total. The number of aliphatic hydroxyl groups excluding tert-OH is 1. The van der Waals surface area contributed by atoms with Crippen molar-refractivity contribution in [2.24, 2.45) is 11.8 Å². The summed E-state index contributed by atoms with van der Waals surface area (Å²) in [5.41, 5.74) is -0.656. The SMILES string of the molecule is C=CCCCCOC(=O)[C@H]1[C@@H]2OC3(CC2Br)C(C(=O)N(CC=C)c2ccc(Cl)cc2)N([C@H](C)CO)C(=O)[C@H]13. The standard InChI is InChI=1S/C28H34BrClN2O6/c1-4-6-7-8-14-37-27(36)21-22-25(34)32(17(3)16-33)24(28(22)15-20(29)23(21)38-28)26(35)31(13-5-2)19-11-9-18(30)10-12-19/h4-5,9-12,17,20-24,33H,1-2,6-8,13-16H2,3H3/t17-,20?,21-,22+,23-,24?,28?/m1/s1. The zero-order chi connectivity index (χ0) is 27.6. The molecule has 4 rings (SSSR count). The molecule has 1 aromatic carbocycles. The average molecular weight is 610 g/mol. The Morgan fingerprint density at radius 3 is 2.66 bits per heavy atom. The molecular weight excluding hydrogens is 576 g/mol. The van der Waals surface area contributed by atoms with Crippen molar-refractivity contribution in [2.75, 3.05) is 24.7 Å². The van der Waals surface area contributed by atoms with Crippen molar-refractivity contribution in [1.29, 1.82) is 0 Å². The van der Waals surface area contributed by atoms with Crippen LogP contribution in [0.4, 0.5) is 5.69 Å². The number of hydrogen-bond acceptors (Lipinski definition) is 6. The largest absolute Gasteiger partial charge is 0.465 e. The number of rotatable bonds is 12. The van der Waals surface area contributed by atoms with Gasteiger partial charge in [0.05, 0.1) is 37.2 Å². The molecule has 0 aromatic heterocycles. The number of allylic oxidation sites excluding steroid dienone is 1. The lowest BCUT2D eigenvalue weighted by atomic mass is 9.70. The van der Waals surface area contributed by atoms with E-state index >= 15 is 0 Å². The fourth-order valence-electron chi connectivity index (χ4n) is 6.06. The molecule has 3 heterocycles. The Morgan fingerprint density at radius 2 is 2.03 bits per heavy atom. The first-order valence-corrected chi connectivity index (χ1v) is 14.2. The highest BCUT2D eigenvalue weighted by molar-refractivity contribution is 9.09. The Balaban J connectivity index is 1.70. The van der Waals surface area contributed by atoms with Crippen LogP contribution in [0.2, 0.25) is 5.02 Å². The third-order valence-electron chi connectivity index (χ3n) is 7.74. The summed E-state index contributed by atoms with van der Waals surface area (Å²) < 4.78 is 12.1.